The molecule has 1 aliphatic rings. The molecule has 1 aliphatic heterocycles. The van der Waals surface area contributed by atoms with Crippen LogP contribution >= 0.6 is 15.9 Å². The van der Waals surface area contributed by atoms with Crippen LogP contribution in [-0.4, -0.2) is 17.7 Å². The minimum Gasteiger partial charge on any atom is -0.473 e. The molecule has 2 aromatic carbocycles. The van der Waals surface area contributed by atoms with Crippen molar-refractivity contribution in [3.05, 3.63) is 63.6 Å². The number of halogens is 1. The minimum absolute atomic E-state index is 0.267. The van der Waals surface area contributed by atoms with E-state index in [4.69, 9.17) is 4.74 Å². The largest absolute Gasteiger partial charge is 0.473 e. The van der Waals surface area contributed by atoms with Crippen molar-refractivity contribution in [3.63, 3.8) is 0 Å². The van der Waals surface area contributed by atoms with E-state index < -0.39 is 6.10 Å². The van der Waals surface area contributed by atoms with Gasteiger partial charge < -0.3 is 4.74 Å². The third-order valence-corrected chi connectivity index (χ3v) is 3.78. The third kappa shape index (κ3) is 2.16. The van der Waals surface area contributed by atoms with Gasteiger partial charge in [-0.3, -0.25) is 9.59 Å². The van der Waals surface area contributed by atoms with E-state index in [1.54, 1.807) is 36.4 Å². The van der Waals surface area contributed by atoms with Crippen molar-refractivity contribution in [2.45, 2.75) is 13.0 Å². The van der Waals surface area contributed by atoms with Crippen LogP contribution in [0.5, 0.6) is 5.75 Å². The van der Waals surface area contributed by atoms with Gasteiger partial charge in [0, 0.05) is 10.0 Å². The van der Waals surface area contributed by atoms with Crippen molar-refractivity contribution in [2.24, 2.45) is 0 Å². The summed E-state index contributed by atoms with van der Waals surface area (Å²) in [6, 6.07) is 12.2. The first kappa shape index (κ1) is 13.1. The molecule has 0 saturated heterocycles. The van der Waals surface area contributed by atoms with Crippen LogP contribution < -0.4 is 4.74 Å². The number of carbonyl (C=O) groups is 2. The molecule has 0 amide bonds. The fraction of sp³-hybridized carbons (Fsp3) is 0.125. The summed E-state index contributed by atoms with van der Waals surface area (Å²) in [6.07, 6.45) is -1.06. The molecule has 1 atom stereocenters. The van der Waals surface area contributed by atoms with Gasteiger partial charge in [0.1, 0.15) is 5.75 Å². The molecule has 20 heavy (non-hydrogen) atoms. The molecule has 0 radical (unpaired) electrons. The lowest BCUT2D eigenvalue weighted by atomic mass is 10.00. The number of hydrogen-bond donors (Lipinski definition) is 0. The number of hydrogen-bond acceptors (Lipinski definition) is 3. The molecule has 0 saturated carbocycles. The molecule has 0 fully saturated rings. The zero-order valence-corrected chi connectivity index (χ0v) is 12.3. The van der Waals surface area contributed by atoms with Crippen molar-refractivity contribution < 1.29 is 14.3 Å². The number of rotatable bonds is 2. The zero-order valence-electron chi connectivity index (χ0n) is 10.7. The van der Waals surface area contributed by atoms with Crippen molar-refractivity contribution >= 4 is 27.5 Å². The molecule has 2 aromatic rings. The SMILES string of the molecule is Cc1ccc2c(c1)C(=O)C(C(=O)c1ccc(Br)cc1)O2. The van der Waals surface area contributed by atoms with Gasteiger partial charge in [0.2, 0.25) is 17.7 Å². The molecule has 1 unspecified atom stereocenters. The smallest absolute Gasteiger partial charge is 0.224 e. The lowest BCUT2D eigenvalue weighted by molar-refractivity contribution is 0.0720. The van der Waals surface area contributed by atoms with Crippen molar-refractivity contribution in [3.8, 4) is 5.75 Å². The summed E-state index contributed by atoms with van der Waals surface area (Å²) >= 11 is 3.31. The highest BCUT2D eigenvalue weighted by atomic mass is 79.9. The van der Waals surface area contributed by atoms with Crippen LogP contribution in [0.15, 0.2) is 46.9 Å². The minimum atomic E-state index is -1.06. The van der Waals surface area contributed by atoms with E-state index in [0.717, 1.165) is 10.0 Å². The summed E-state index contributed by atoms with van der Waals surface area (Å²) in [5, 5.41) is 0. The average molecular weight is 331 g/mol. The Balaban J connectivity index is 1.92. The summed E-state index contributed by atoms with van der Waals surface area (Å²) in [5.74, 6) is -0.0935. The van der Waals surface area contributed by atoms with Gasteiger partial charge in [0.05, 0.1) is 5.56 Å². The summed E-state index contributed by atoms with van der Waals surface area (Å²) < 4.78 is 6.39. The first-order chi connectivity index (χ1) is 9.56. The Bertz CT molecular complexity index is 704. The van der Waals surface area contributed by atoms with Crippen LogP contribution in [0.1, 0.15) is 26.3 Å². The Hall–Kier alpha value is -1.94. The van der Waals surface area contributed by atoms with Crippen molar-refractivity contribution in [2.75, 3.05) is 0 Å². The Labute approximate surface area is 124 Å². The molecule has 4 heteroatoms. The summed E-state index contributed by atoms with van der Waals surface area (Å²) in [7, 11) is 0. The van der Waals surface area contributed by atoms with Crippen molar-refractivity contribution in [1.29, 1.82) is 0 Å². The van der Waals surface area contributed by atoms with Gasteiger partial charge in [-0.2, -0.15) is 0 Å². The maximum atomic E-state index is 12.4. The van der Waals surface area contributed by atoms with Gasteiger partial charge in [-0.25, -0.2) is 0 Å². The highest BCUT2D eigenvalue weighted by molar-refractivity contribution is 9.10. The molecule has 0 aliphatic carbocycles. The number of ketones is 2. The highest BCUT2D eigenvalue weighted by Crippen LogP contribution is 2.31. The van der Waals surface area contributed by atoms with Gasteiger partial charge in [-0.05, 0) is 31.2 Å². The van der Waals surface area contributed by atoms with Crippen LogP contribution in [0.25, 0.3) is 0 Å². The Kier molecular flexibility index (Phi) is 3.18. The molecule has 0 N–H and O–H groups in total. The number of aryl methyl sites for hydroxylation is 1. The maximum absolute atomic E-state index is 12.4. The van der Waals surface area contributed by atoms with Crippen LogP contribution in [0, 0.1) is 6.92 Å². The molecular weight excluding hydrogens is 320 g/mol. The van der Waals surface area contributed by atoms with Crippen LogP contribution in [-0.2, 0) is 0 Å². The zero-order chi connectivity index (χ0) is 14.3. The topological polar surface area (TPSA) is 43.4 Å². The van der Waals surface area contributed by atoms with Crippen LogP contribution in [0.2, 0.25) is 0 Å². The molecule has 0 bridgehead atoms. The highest BCUT2D eigenvalue weighted by Gasteiger charge is 2.38. The normalized spacial score (nSPS) is 16.7. The molecule has 3 nitrogen and oxygen atoms in total. The standard InChI is InChI=1S/C16H11BrO3/c1-9-2-7-13-12(8-9)15(19)16(20-13)14(18)10-3-5-11(17)6-4-10/h2-8,16H,1H3. The molecule has 100 valence electrons. The number of carbonyl (C=O) groups excluding carboxylic acids is 2. The van der Waals surface area contributed by atoms with E-state index in [9.17, 15) is 9.59 Å². The fourth-order valence-corrected chi connectivity index (χ4v) is 2.46. The van der Waals surface area contributed by atoms with E-state index in [0.29, 0.717) is 16.9 Å². The van der Waals surface area contributed by atoms with E-state index in [1.165, 1.54) is 0 Å². The predicted octanol–water partition coefficient (Wildman–Crippen LogP) is 3.58. The van der Waals surface area contributed by atoms with Gasteiger partial charge in [0.15, 0.2) is 0 Å². The van der Waals surface area contributed by atoms with Gasteiger partial charge in [0.25, 0.3) is 0 Å². The van der Waals surface area contributed by atoms with E-state index in [1.807, 2.05) is 13.0 Å². The van der Waals surface area contributed by atoms with Crippen molar-refractivity contribution in [1.82, 2.24) is 0 Å². The molecule has 1 heterocycles. The lowest BCUT2D eigenvalue weighted by Crippen LogP contribution is -2.30. The second kappa shape index (κ2) is 4.87. The van der Waals surface area contributed by atoms with Gasteiger partial charge in [-0.1, -0.05) is 39.7 Å². The number of ether oxygens (including phenoxy) is 1. The van der Waals surface area contributed by atoms with E-state index >= 15 is 0 Å². The second-order valence-corrected chi connectivity index (χ2v) is 5.65. The quantitative estimate of drug-likeness (QED) is 0.624. The van der Waals surface area contributed by atoms with Crippen LogP contribution in [0.3, 0.4) is 0 Å². The Morgan fingerprint density at radius 3 is 2.55 bits per heavy atom. The van der Waals surface area contributed by atoms with Crippen LogP contribution in [0.4, 0.5) is 0 Å². The van der Waals surface area contributed by atoms with Gasteiger partial charge >= 0.3 is 0 Å². The summed E-state index contributed by atoms with van der Waals surface area (Å²) in [4.78, 5) is 24.6. The molecule has 3 rings (SSSR count). The first-order valence-corrected chi connectivity index (χ1v) is 6.97. The van der Waals surface area contributed by atoms with Gasteiger partial charge in [-0.15, -0.1) is 0 Å². The monoisotopic (exact) mass is 330 g/mol. The lowest BCUT2D eigenvalue weighted by Gasteiger charge is -2.08. The second-order valence-electron chi connectivity index (χ2n) is 4.73. The first-order valence-electron chi connectivity index (χ1n) is 6.17. The number of benzene rings is 2. The summed E-state index contributed by atoms with van der Waals surface area (Å²) in [5.41, 5.74) is 1.92. The Morgan fingerprint density at radius 1 is 1.15 bits per heavy atom. The number of Topliss-reactive ketones (excluding diaryl/α,β-unsaturated/α-hetero) is 2. The third-order valence-electron chi connectivity index (χ3n) is 3.25. The molecule has 0 aromatic heterocycles. The van der Waals surface area contributed by atoms with E-state index in [-0.39, 0.29) is 11.6 Å². The number of fused-ring (bicyclic) bond motifs is 1. The maximum Gasteiger partial charge on any atom is 0.224 e. The van der Waals surface area contributed by atoms with E-state index in [2.05, 4.69) is 15.9 Å². The fourth-order valence-electron chi connectivity index (χ4n) is 2.20. The molecular formula is C16H11BrO3. The molecule has 0 spiro atoms. The predicted molar refractivity (Wildman–Crippen MR) is 78.4 cm³/mol. The summed E-state index contributed by atoms with van der Waals surface area (Å²) in [6.45, 7) is 1.90. The average Bonchev–Trinajstić information content (AvgIpc) is 2.76. The Morgan fingerprint density at radius 2 is 1.85 bits per heavy atom.